The van der Waals surface area contributed by atoms with Gasteiger partial charge in [-0.15, -0.1) is 0 Å². The minimum absolute atomic E-state index is 0.370. The normalized spacial score (nSPS) is 11.9. The summed E-state index contributed by atoms with van der Waals surface area (Å²) in [6.45, 7) is 10.7. The molecular formula is C19H23NO4. The second-order valence-corrected chi connectivity index (χ2v) is 6.07. The highest BCUT2D eigenvalue weighted by Crippen LogP contribution is 2.22. The second kappa shape index (κ2) is 6.91. The summed E-state index contributed by atoms with van der Waals surface area (Å²) in [5, 5.41) is 2.79. The highest BCUT2D eigenvalue weighted by Gasteiger charge is 2.24. The van der Waals surface area contributed by atoms with Crippen LogP contribution >= 0.6 is 0 Å². The van der Waals surface area contributed by atoms with Gasteiger partial charge in [0, 0.05) is 11.3 Å². The van der Waals surface area contributed by atoms with Crippen molar-refractivity contribution >= 4 is 17.6 Å². The van der Waals surface area contributed by atoms with Gasteiger partial charge in [-0.05, 0) is 53.2 Å². The van der Waals surface area contributed by atoms with Crippen molar-refractivity contribution in [2.45, 2.75) is 47.6 Å². The number of amides is 1. The van der Waals surface area contributed by atoms with E-state index in [1.165, 1.54) is 0 Å². The molecule has 5 heteroatoms. The molecule has 128 valence electrons. The Morgan fingerprint density at radius 1 is 1.08 bits per heavy atom. The summed E-state index contributed by atoms with van der Waals surface area (Å²) in [5.74, 6) is 0.250. The van der Waals surface area contributed by atoms with E-state index in [4.69, 9.17) is 9.15 Å². The molecule has 0 spiro atoms. The standard InChI is InChI=1S/C19H23NO4/c1-10-7-8-16(11(2)9-10)20-18(21)15(6)24-19(22)17-12(3)13(4)23-14(17)5/h7-9,15H,1-6H3,(H,20,21)/t15-/m0/s1. The third kappa shape index (κ3) is 3.67. The lowest BCUT2D eigenvalue weighted by Crippen LogP contribution is -2.30. The first kappa shape index (κ1) is 17.8. The van der Waals surface area contributed by atoms with Crippen LogP contribution in [0.15, 0.2) is 22.6 Å². The first-order valence-corrected chi connectivity index (χ1v) is 7.86. The fourth-order valence-electron chi connectivity index (χ4n) is 2.56. The molecule has 0 fully saturated rings. The predicted molar refractivity (Wildman–Crippen MR) is 92.3 cm³/mol. The number of anilines is 1. The number of rotatable bonds is 4. The Labute approximate surface area is 142 Å². The number of esters is 1. The van der Waals surface area contributed by atoms with Crippen molar-refractivity contribution in [2.24, 2.45) is 0 Å². The molecule has 2 rings (SSSR count). The minimum Gasteiger partial charge on any atom is -0.465 e. The number of ether oxygens (including phenoxy) is 1. The van der Waals surface area contributed by atoms with Crippen LogP contribution in [-0.2, 0) is 9.53 Å². The quantitative estimate of drug-likeness (QED) is 0.861. The van der Waals surface area contributed by atoms with E-state index in [0.29, 0.717) is 22.8 Å². The molecule has 0 aliphatic carbocycles. The maximum atomic E-state index is 12.3. The fraction of sp³-hybridized carbons (Fsp3) is 0.368. The molecule has 1 aromatic heterocycles. The Morgan fingerprint density at radius 3 is 2.29 bits per heavy atom. The van der Waals surface area contributed by atoms with Gasteiger partial charge < -0.3 is 14.5 Å². The number of aryl methyl sites for hydroxylation is 4. The van der Waals surface area contributed by atoms with E-state index in [2.05, 4.69) is 5.32 Å². The Balaban J connectivity index is 2.07. The van der Waals surface area contributed by atoms with Crippen molar-refractivity contribution in [1.82, 2.24) is 0 Å². The van der Waals surface area contributed by atoms with Gasteiger partial charge in [-0.1, -0.05) is 17.7 Å². The number of hydrogen-bond acceptors (Lipinski definition) is 4. The van der Waals surface area contributed by atoms with E-state index in [1.54, 1.807) is 27.7 Å². The number of furan rings is 1. The second-order valence-electron chi connectivity index (χ2n) is 6.07. The van der Waals surface area contributed by atoms with Crippen molar-refractivity contribution in [2.75, 3.05) is 5.32 Å². The lowest BCUT2D eigenvalue weighted by Gasteiger charge is -2.15. The van der Waals surface area contributed by atoms with Crippen molar-refractivity contribution in [3.63, 3.8) is 0 Å². The van der Waals surface area contributed by atoms with Crippen LogP contribution in [-0.4, -0.2) is 18.0 Å². The summed E-state index contributed by atoms with van der Waals surface area (Å²) in [6.07, 6.45) is -0.910. The summed E-state index contributed by atoms with van der Waals surface area (Å²) in [7, 11) is 0. The molecule has 0 bridgehead atoms. The van der Waals surface area contributed by atoms with Gasteiger partial charge in [0.2, 0.25) is 0 Å². The molecule has 5 nitrogen and oxygen atoms in total. The molecule has 0 saturated heterocycles. The largest absolute Gasteiger partial charge is 0.465 e. The zero-order chi connectivity index (χ0) is 18.0. The van der Waals surface area contributed by atoms with Crippen LogP contribution in [0.4, 0.5) is 5.69 Å². The van der Waals surface area contributed by atoms with Gasteiger partial charge in [0.25, 0.3) is 5.91 Å². The van der Waals surface area contributed by atoms with E-state index in [9.17, 15) is 9.59 Å². The molecule has 1 atom stereocenters. The van der Waals surface area contributed by atoms with Crippen LogP contribution in [0, 0.1) is 34.6 Å². The maximum absolute atomic E-state index is 12.3. The number of nitrogens with one attached hydrogen (secondary N) is 1. The van der Waals surface area contributed by atoms with Gasteiger partial charge in [-0.2, -0.15) is 0 Å². The van der Waals surface area contributed by atoms with Crippen molar-refractivity contribution < 1.29 is 18.7 Å². The molecule has 24 heavy (non-hydrogen) atoms. The average Bonchev–Trinajstić information content (AvgIpc) is 2.74. The number of carbonyl (C=O) groups is 2. The zero-order valence-corrected chi connectivity index (χ0v) is 14.9. The Kier molecular flexibility index (Phi) is 5.12. The van der Waals surface area contributed by atoms with E-state index < -0.39 is 12.1 Å². The van der Waals surface area contributed by atoms with Crippen molar-refractivity contribution in [3.8, 4) is 0 Å². The van der Waals surface area contributed by atoms with Crippen LogP contribution in [0.1, 0.15) is 45.5 Å². The molecule has 1 aromatic carbocycles. The van der Waals surface area contributed by atoms with E-state index in [-0.39, 0.29) is 5.91 Å². The van der Waals surface area contributed by atoms with E-state index >= 15 is 0 Å². The summed E-state index contributed by atoms with van der Waals surface area (Å²) in [5.41, 5.74) is 3.91. The molecular weight excluding hydrogens is 306 g/mol. The molecule has 0 unspecified atom stereocenters. The zero-order valence-electron chi connectivity index (χ0n) is 14.9. The molecule has 2 aromatic rings. The van der Waals surface area contributed by atoms with E-state index in [1.807, 2.05) is 32.0 Å². The lowest BCUT2D eigenvalue weighted by molar-refractivity contribution is -0.123. The van der Waals surface area contributed by atoms with Gasteiger partial charge in [0.15, 0.2) is 6.10 Å². The molecule has 0 saturated carbocycles. The van der Waals surface area contributed by atoms with Crippen molar-refractivity contribution in [1.29, 1.82) is 0 Å². The molecule has 1 heterocycles. The molecule has 0 aliphatic heterocycles. The average molecular weight is 329 g/mol. The van der Waals surface area contributed by atoms with Crippen LogP contribution < -0.4 is 5.32 Å². The smallest absolute Gasteiger partial charge is 0.342 e. The monoisotopic (exact) mass is 329 g/mol. The first-order valence-electron chi connectivity index (χ1n) is 7.86. The Bertz CT molecular complexity index is 789. The van der Waals surface area contributed by atoms with Gasteiger partial charge in [-0.25, -0.2) is 4.79 Å². The van der Waals surface area contributed by atoms with Gasteiger partial charge in [0.05, 0.1) is 0 Å². The lowest BCUT2D eigenvalue weighted by atomic mass is 10.1. The molecule has 1 N–H and O–H groups in total. The summed E-state index contributed by atoms with van der Waals surface area (Å²) >= 11 is 0. The topological polar surface area (TPSA) is 68.5 Å². The van der Waals surface area contributed by atoms with Crippen molar-refractivity contribution in [3.05, 3.63) is 52.0 Å². The third-order valence-electron chi connectivity index (χ3n) is 4.06. The number of hydrogen-bond donors (Lipinski definition) is 1. The van der Waals surface area contributed by atoms with Crippen LogP contribution in [0.2, 0.25) is 0 Å². The van der Waals surface area contributed by atoms with Crippen LogP contribution in [0.5, 0.6) is 0 Å². The van der Waals surface area contributed by atoms with Gasteiger partial charge >= 0.3 is 5.97 Å². The summed E-state index contributed by atoms with van der Waals surface area (Å²) in [4.78, 5) is 24.6. The SMILES string of the molecule is Cc1ccc(NC(=O)[C@H](C)OC(=O)c2c(C)oc(C)c2C)c(C)c1. The maximum Gasteiger partial charge on any atom is 0.342 e. The number of carbonyl (C=O) groups excluding carboxylic acids is 2. The minimum atomic E-state index is -0.910. The highest BCUT2D eigenvalue weighted by molar-refractivity contribution is 5.98. The van der Waals surface area contributed by atoms with Crippen LogP contribution in [0.3, 0.4) is 0 Å². The fourth-order valence-corrected chi connectivity index (χ4v) is 2.56. The van der Waals surface area contributed by atoms with Gasteiger partial charge in [0.1, 0.15) is 17.1 Å². The molecule has 0 radical (unpaired) electrons. The summed E-state index contributed by atoms with van der Waals surface area (Å²) in [6, 6.07) is 5.73. The first-order chi connectivity index (χ1) is 11.2. The van der Waals surface area contributed by atoms with Crippen LogP contribution in [0.25, 0.3) is 0 Å². The van der Waals surface area contributed by atoms with Gasteiger partial charge in [-0.3, -0.25) is 4.79 Å². The third-order valence-corrected chi connectivity index (χ3v) is 4.06. The summed E-state index contributed by atoms with van der Waals surface area (Å²) < 4.78 is 10.7. The Hall–Kier alpha value is -2.56. The molecule has 1 amide bonds. The van der Waals surface area contributed by atoms with E-state index in [0.717, 1.165) is 16.7 Å². The Morgan fingerprint density at radius 2 is 1.75 bits per heavy atom. The number of benzene rings is 1. The highest BCUT2D eigenvalue weighted by atomic mass is 16.5. The predicted octanol–water partition coefficient (Wildman–Crippen LogP) is 4.01. The molecule has 0 aliphatic rings.